The standard InChI is InChI=1S/C39H44N2O5/c1-26(2)25-41(34(44)17-14-28-10-6-4-7-11-28)31-18-20-39(46-27(3)42)33-24-30-15-16-32(43)36-35(30)38(39,37(31)45-36)21-23-40(33)22-19-29-12-8-5-9-13-29/h4-17,26,31,33,37,43H,18-25H2,1-3H3/b17-14+/t31?,33-,37?,38+,39-/m1/s1. The lowest BCUT2D eigenvalue weighted by Crippen LogP contribution is -2.79. The van der Waals surface area contributed by atoms with Crippen LogP contribution in [0.15, 0.2) is 78.9 Å². The van der Waals surface area contributed by atoms with Crippen LogP contribution in [0.25, 0.3) is 6.08 Å². The topological polar surface area (TPSA) is 79.3 Å². The first-order chi connectivity index (χ1) is 22.2. The van der Waals surface area contributed by atoms with Crippen molar-refractivity contribution in [3.8, 4) is 11.5 Å². The van der Waals surface area contributed by atoms with Gasteiger partial charge in [0.15, 0.2) is 11.5 Å². The van der Waals surface area contributed by atoms with Gasteiger partial charge in [-0.2, -0.15) is 0 Å². The van der Waals surface area contributed by atoms with Gasteiger partial charge in [0.05, 0.1) is 17.5 Å². The number of hydrogen-bond acceptors (Lipinski definition) is 6. The molecule has 2 aliphatic heterocycles. The molecule has 7 rings (SSSR count). The van der Waals surface area contributed by atoms with Gasteiger partial charge in [-0.05, 0) is 73.4 Å². The Balaban J connectivity index is 1.31. The highest BCUT2D eigenvalue weighted by atomic mass is 16.6. The third-order valence-electron chi connectivity index (χ3n) is 10.8. The fourth-order valence-corrected chi connectivity index (χ4v) is 9.15. The molecule has 3 aromatic carbocycles. The van der Waals surface area contributed by atoms with E-state index in [0.717, 1.165) is 36.2 Å². The summed E-state index contributed by atoms with van der Waals surface area (Å²) >= 11 is 0. The Hall–Kier alpha value is -4.10. The highest BCUT2D eigenvalue weighted by Crippen LogP contribution is 2.67. The molecule has 2 unspecified atom stereocenters. The van der Waals surface area contributed by atoms with Crippen LogP contribution >= 0.6 is 0 Å². The van der Waals surface area contributed by atoms with Crippen LogP contribution in [0.2, 0.25) is 0 Å². The monoisotopic (exact) mass is 620 g/mol. The number of aromatic hydroxyl groups is 1. The fourth-order valence-electron chi connectivity index (χ4n) is 9.15. The first-order valence-electron chi connectivity index (χ1n) is 16.8. The van der Waals surface area contributed by atoms with Gasteiger partial charge < -0.3 is 19.5 Å². The first kappa shape index (κ1) is 30.5. The predicted molar refractivity (Wildman–Crippen MR) is 178 cm³/mol. The van der Waals surface area contributed by atoms with Gasteiger partial charge in [0.1, 0.15) is 11.7 Å². The summed E-state index contributed by atoms with van der Waals surface area (Å²) in [7, 11) is 0. The Kier molecular flexibility index (Phi) is 7.92. The summed E-state index contributed by atoms with van der Waals surface area (Å²) in [5.41, 5.74) is 2.85. The van der Waals surface area contributed by atoms with Crippen molar-refractivity contribution in [2.24, 2.45) is 5.92 Å². The molecule has 1 N–H and O–H groups in total. The lowest BCUT2D eigenvalue weighted by Gasteiger charge is -2.65. The summed E-state index contributed by atoms with van der Waals surface area (Å²) in [6.07, 6.45) is 6.64. The van der Waals surface area contributed by atoms with Crippen molar-refractivity contribution in [1.82, 2.24) is 9.80 Å². The minimum absolute atomic E-state index is 0.0452. The van der Waals surface area contributed by atoms with E-state index >= 15 is 0 Å². The summed E-state index contributed by atoms with van der Waals surface area (Å²) in [6, 6.07) is 23.8. The first-order valence-corrected chi connectivity index (χ1v) is 16.8. The predicted octanol–water partition coefficient (Wildman–Crippen LogP) is 5.93. The van der Waals surface area contributed by atoms with E-state index in [2.05, 4.69) is 43.0 Å². The highest BCUT2D eigenvalue weighted by molar-refractivity contribution is 5.92. The van der Waals surface area contributed by atoms with Crippen LogP contribution in [0.5, 0.6) is 11.5 Å². The minimum Gasteiger partial charge on any atom is -0.504 e. The summed E-state index contributed by atoms with van der Waals surface area (Å²) in [6.45, 7) is 8.00. The molecule has 1 amide bonds. The molecule has 1 spiro atoms. The molecule has 2 heterocycles. The van der Waals surface area contributed by atoms with Crippen molar-refractivity contribution >= 4 is 18.0 Å². The maximum Gasteiger partial charge on any atom is 0.303 e. The second kappa shape index (κ2) is 11.9. The molecule has 0 radical (unpaired) electrons. The third kappa shape index (κ3) is 4.91. The van der Waals surface area contributed by atoms with E-state index in [-0.39, 0.29) is 35.6 Å². The lowest BCUT2D eigenvalue weighted by atomic mass is 9.48. The van der Waals surface area contributed by atoms with Crippen LogP contribution in [0.4, 0.5) is 0 Å². The van der Waals surface area contributed by atoms with Gasteiger partial charge >= 0.3 is 5.97 Å². The van der Waals surface area contributed by atoms with Gasteiger partial charge in [-0.25, -0.2) is 0 Å². The van der Waals surface area contributed by atoms with Crippen molar-refractivity contribution in [3.05, 3.63) is 101 Å². The average molecular weight is 621 g/mol. The number of nitrogens with zero attached hydrogens (tertiary/aromatic N) is 2. The van der Waals surface area contributed by atoms with Gasteiger partial charge in [-0.3, -0.25) is 14.5 Å². The summed E-state index contributed by atoms with van der Waals surface area (Å²) in [5, 5.41) is 11.2. The molecular weight excluding hydrogens is 576 g/mol. The number of phenolic OH excluding ortho intramolecular Hbond substituents is 1. The molecule has 7 heteroatoms. The Bertz CT molecular complexity index is 1640. The van der Waals surface area contributed by atoms with Crippen molar-refractivity contribution in [3.63, 3.8) is 0 Å². The number of esters is 1. The Labute approximate surface area is 271 Å². The maximum absolute atomic E-state index is 14.1. The normalized spacial score (nSPS) is 27.7. The van der Waals surface area contributed by atoms with Crippen molar-refractivity contribution in [1.29, 1.82) is 0 Å². The minimum atomic E-state index is -0.840. The van der Waals surface area contributed by atoms with E-state index in [1.807, 2.05) is 53.4 Å². The van der Waals surface area contributed by atoms with Crippen LogP contribution in [-0.4, -0.2) is 70.2 Å². The van der Waals surface area contributed by atoms with Gasteiger partial charge in [0, 0.05) is 31.7 Å². The number of likely N-dealkylation sites (tertiary alicyclic amines) is 1. The summed E-state index contributed by atoms with van der Waals surface area (Å²) in [4.78, 5) is 31.6. The Morgan fingerprint density at radius 3 is 2.52 bits per heavy atom. The number of carbonyl (C=O) groups is 2. The second-order valence-electron chi connectivity index (χ2n) is 13.9. The number of phenols is 1. The van der Waals surface area contributed by atoms with E-state index in [1.54, 1.807) is 12.1 Å². The van der Waals surface area contributed by atoms with Crippen LogP contribution < -0.4 is 4.74 Å². The third-order valence-corrected chi connectivity index (χ3v) is 10.8. The zero-order valence-electron chi connectivity index (χ0n) is 27.0. The van der Waals surface area contributed by atoms with Crippen LogP contribution in [0, 0.1) is 5.92 Å². The van der Waals surface area contributed by atoms with Crippen molar-refractivity contribution < 1.29 is 24.2 Å². The number of hydrogen-bond donors (Lipinski definition) is 1. The molecule has 46 heavy (non-hydrogen) atoms. The van der Waals surface area contributed by atoms with E-state index in [9.17, 15) is 14.7 Å². The molecule has 1 saturated carbocycles. The van der Waals surface area contributed by atoms with Gasteiger partial charge in [-0.15, -0.1) is 0 Å². The lowest BCUT2D eigenvalue weighted by molar-refractivity contribution is -0.224. The molecule has 2 fully saturated rings. The summed E-state index contributed by atoms with van der Waals surface area (Å²) in [5.74, 6) is 0.478. The van der Waals surface area contributed by atoms with E-state index < -0.39 is 17.1 Å². The van der Waals surface area contributed by atoms with Crippen molar-refractivity contribution in [2.75, 3.05) is 19.6 Å². The molecular formula is C39H44N2O5. The largest absolute Gasteiger partial charge is 0.504 e. The maximum atomic E-state index is 14.1. The Morgan fingerprint density at radius 2 is 1.80 bits per heavy atom. The molecule has 2 bridgehead atoms. The van der Waals surface area contributed by atoms with Gasteiger partial charge in [0.25, 0.3) is 0 Å². The molecule has 5 atom stereocenters. The van der Waals surface area contributed by atoms with E-state index in [1.165, 1.54) is 12.5 Å². The number of ether oxygens (including phenoxy) is 2. The number of rotatable bonds is 9. The zero-order valence-corrected chi connectivity index (χ0v) is 27.0. The molecule has 4 aliphatic rings. The van der Waals surface area contributed by atoms with Gasteiger partial charge in [-0.1, -0.05) is 80.6 Å². The smallest absolute Gasteiger partial charge is 0.303 e. The molecule has 240 valence electrons. The zero-order chi connectivity index (χ0) is 32.1. The van der Waals surface area contributed by atoms with Crippen molar-refractivity contribution in [2.45, 2.75) is 82.1 Å². The SMILES string of the molecule is CC(=O)O[C@@]12CCC(N(CC(C)C)C(=O)/C=C/c3ccccc3)C3Oc4c(O)ccc5c4[C@@]31CCN(CCc1ccccc1)[C@@H]2C5. The van der Waals surface area contributed by atoms with Crippen LogP contribution in [0.1, 0.15) is 62.3 Å². The molecule has 1 saturated heterocycles. The fraction of sp³-hybridized carbons (Fsp3) is 0.436. The molecule has 2 aliphatic carbocycles. The van der Waals surface area contributed by atoms with Gasteiger partial charge in [0.2, 0.25) is 5.91 Å². The van der Waals surface area contributed by atoms with Crippen LogP contribution in [-0.2, 0) is 32.6 Å². The van der Waals surface area contributed by atoms with E-state index in [4.69, 9.17) is 9.47 Å². The number of piperidine rings is 1. The van der Waals surface area contributed by atoms with Crippen LogP contribution in [0.3, 0.4) is 0 Å². The number of amides is 1. The average Bonchev–Trinajstić information content (AvgIpc) is 3.40. The Morgan fingerprint density at radius 1 is 1.07 bits per heavy atom. The second-order valence-corrected chi connectivity index (χ2v) is 13.9. The molecule has 0 aromatic heterocycles. The molecule has 3 aromatic rings. The highest BCUT2D eigenvalue weighted by Gasteiger charge is 2.75. The number of carbonyl (C=O) groups excluding carboxylic acids is 2. The quantitative estimate of drug-likeness (QED) is 0.236. The summed E-state index contributed by atoms with van der Waals surface area (Å²) < 4.78 is 13.5. The van der Waals surface area contributed by atoms with E-state index in [0.29, 0.717) is 38.0 Å². The molecule has 7 nitrogen and oxygen atoms in total. The number of benzene rings is 3.